The van der Waals surface area contributed by atoms with Crippen molar-refractivity contribution >= 4 is 27.6 Å². The molecule has 2 N–H and O–H groups in total. The van der Waals surface area contributed by atoms with E-state index in [9.17, 15) is 18.0 Å². The number of sulfonamides is 1. The van der Waals surface area contributed by atoms with E-state index >= 15 is 0 Å². The molecule has 3 aromatic rings. The molecule has 3 rings (SSSR count). The Labute approximate surface area is 187 Å². The van der Waals surface area contributed by atoms with E-state index in [1.54, 1.807) is 24.3 Å². The van der Waals surface area contributed by atoms with E-state index in [0.717, 1.165) is 11.1 Å². The predicted molar refractivity (Wildman–Crippen MR) is 122 cm³/mol. The number of aryl methyl sites for hydroxylation is 1. The zero-order valence-corrected chi connectivity index (χ0v) is 18.6. The first-order valence-corrected chi connectivity index (χ1v) is 11.4. The van der Waals surface area contributed by atoms with Crippen molar-refractivity contribution in [2.75, 3.05) is 11.3 Å². The van der Waals surface area contributed by atoms with Gasteiger partial charge in [0.2, 0.25) is 0 Å². The quantitative estimate of drug-likeness (QED) is 0.506. The second-order valence-electron chi connectivity index (χ2n) is 7.27. The van der Waals surface area contributed by atoms with Crippen LogP contribution >= 0.6 is 0 Å². The van der Waals surface area contributed by atoms with Gasteiger partial charge in [0, 0.05) is 5.69 Å². The molecule has 32 heavy (non-hydrogen) atoms. The number of hydrogen-bond donors (Lipinski definition) is 2. The highest BCUT2D eigenvalue weighted by Gasteiger charge is 2.17. The van der Waals surface area contributed by atoms with Gasteiger partial charge in [0.1, 0.15) is 0 Å². The van der Waals surface area contributed by atoms with Gasteiger partial charge in [-0.3, -0.25) is 9.52 Å². The van der Waals surface area contributed by atoms with Crippen LogP contribution in [0.1, 0.15) is 34.5 Å². The van der Waals surface area contributed by atoms with Crippen molar-refractivity contribution < 1.29 is 22.7 Å². The minimum absolute atomic E-state index is 0.00375. The Bertz CT molecular complexity index is 1180. The van der Waals surface area contributed by atoms with Gasteiger partial charge < -0.3 is 10.1 Å². The van der Waals surface area contributed by atoms with Crippen molar-refractivity contribution in [2.24, 2.45) is 0 Å². The van der Waals surface area contributed by atoms with Gasteiger partial charge in [0.05, 0.1) is 16.5 Å². The lowest BCUT2D eigenvalue weighted by molar-refractivity contribution is -0.124. The van der Waals surface area contributed by atoms with E-state index in [2.05, 4.69) is 10.0 Å². The molecule has 1 amide bonds. The van der Waals surface area contributed by atoms with Gasteiger partial charge in [-0.05, 0) is 55.8 Å². The summed E-state index contributed by atoms with van der Waals surface area (Å²) in [7, 11) is -3.80. The SMILES string of the molecule is Cc1ccc(NS(=O)(=O)c2ccc(C(=O)OCC(=O)NC(C)c3ccccc3)cc2)cc1. The third kappa shape index (κ3) is 6.18. The predicted octanol–water partition coefficient (Wildman–Crippen LogP) is 3.83. The Morgan fingerprint density at radius 3 is 2.16 bits per heavy atom. The fourth-order valence-electron chi connectivity index (χ4n) is 2.93. The molecule has 0 saturated heterocycles. The van der Waals surface area contributed by atoms with Crippen molar-refractivity contribution in [1.29, 1.82) is 0 Å². The van der Waals surface area contributed by atoms with E-state index in [-0.39, 0.29) is 16.5 Å². The fourth-order valence-corrected chi connectivity index (χ4v) is 3.99. The number of amides is 1. The van der Waals surface area contributed by atoms with Gasteiger partial charge in [0.15, 0.2) is 6.61 Å². The number of rotatable bonds is 8. The van der Waals surface area contributed by atoms with Gasteiger partial charge in [0.25, 0.3) is 15.9 Å². The summed E-state index contributed by atoms with van der Waals surface area (Å²) in [5.74, 6) is -1.15. The van der Waals surface area contributed by atoms with Crippen molar-refractivity contribution in [3.8, 4) is 0 Å². The average molecular weight is 453 g/mol. The second kappa shape index (κ2) is 10.1. The Morgan fingerprint density at radius 1 is 0.906 bits per heavy atom. The summed E-state index contributed by atoms with van der Waals surface area (Å²) in [5.41, 5.74) is 2.53. The first-order valence-electron chi connectivity index (χ1n) is 9.95. The molecule has 0 aromatic heterocycles. The highest BCUT2D eigenvalue weighted by atomic mass is 32.2. The molecule has 0 saturated carbocycles. The molecule has 0 aliphatic carbocycles. The number of carbonyl (C=O) groups excluding carboxylic acids is 2. The van der Waals surface area contributed by atoms with Gasteiger partial charge in [-0.1, -0.05) is 48.0 Å². The topological polar surface area (TPSA) is 102 Å². The van der Waals surface area contributed by atoms with E-state index in [1.165, 1.54) is 24.3 Å². The number of hydrogen-bond acceptors (Lipinski definition) is 5. The third-order valence-corrected chi connectivity index (χ3v) is 6.11. The molecule has 0 heterocycles. The number of carbonyl (C=O) groups is 2. The summed E-state index contributed by atoms with van der Waals surface area (Å²) in [4.78, 5) is 24.3. The van der Waals surface area contributed by atoms with Crippen LogP contribution in [-0.2, 0) is 19.6 Å². The molecule has 8 heteroatoms. The van der Waals surface area contributed by atoms with Gasteiger partial charge >= 0.3 is 5.97 Å². The maximum absolute atomic E-state index is 12.5. The molecule has 0 spiro atoms. The van der Waals surface area contributed by atoms with E-state index < -0.39 is 28.5 Å². The standard InChI is InChI=1S/C24H24N2O5S/c1-17-8-12-21(13-9-17)26-32(29,30)22-14-10-20(11-15-22)24(28)31-16-23(27)25-18(2)19-6-4-3-5-7-19/h3-15,18,26H,16H2,1-2H3,(H,25,27). The number of anilines is 1. The smallest absolute Gasteiger partial charge is 0.338 e. The van der Waals surface area contributed by atoms with Crippen LogP contribution in [0.25, 0.3) is 0 Å². The van der Waals surface area contributed by atoms with Crippen LogP contribution in [0, 0.1) is 6.92 Å². The lowest BCUT2D eigenvalue weighted by Crippen LogP contribution is -2.31. The Morgan fingerprint density at radius 2 is 1.53 bits per heavy atom. The Hall–Kier alpha value is -3.65. The largest absolute Gasteiger partial charge is 0.452 e. The summed E-state index contributed by atoms with van der Waals surface area (Å²) in [6.07, 6.45) is 0. The van der Waals surface area contributed by atoms with Crippen LogP contribution in [-0.4, -0.2) is 26.9 Å². The molecule has 0 aliphatic heterocycles. The second-order valence-corrected chi connectivity index (χ2v) is 8.95. The van der Waals surface area contributed by atoms with Crippen molar-refractivity contribution in [2.45, 2.75) is 24.8 Å². The van der Waals surface area contributed by atoms with Crippen LogP contribution in [0.2, 0.25) is 0 Å². The lowest BCUT2D eigenvalue weighted by Gasteiger charge is -2.14. The summed E-state index contributed by atoms with van der Waals surface area (Å²) >= 11 is 0. The van der Waals surface area contributed by atoms with E-state index in [1.807, 2.05) is 44.2 Å². The molecule has 1 unspecified atom stereocenters. The zero-order chi connectivity index (χ0) is 23.1. The lowest BCUT2D eigenvalue weighted by atomic mass is 10.1. The van der Waals surface area contributed by atoms with E-state index in [0.29, 0.717) is 5.69 Å². The zero-order valence-electron chi connectivity index (χ0n) is 17.7. The van der Waals surface area contributed by atoms with Gasteiger partial charge in [-0.15, -0.1) is 0 Å². The third-order valence-electron chi connectivity index (χ3n) is 4.72. The van der Waals surface area contributed by atoms with Crippen LogP contribution in [0.4, 0.5) is 5.69 Å². The molecular formula is C24H24N2O5S. The average Bonchev–Trinajstić information content (AvgIpc) is 2.79. The van der Waals surface area contributed by atoms with Gasteiger partial charge in [-0.25, -0.2) is 13.2 Å². The molecule has 0 bridgehead atoms. The molecule has 0 radical (unpaired) electrons. The van der Waals surface area contributed by atoms with Crippen LogP contribution < -0.4 is 10.0 Å². The summed E-state index contributed by atoms with van der Waals surface area (Å²) in [6, 6.07) is 21.4. The van der Waals surface area contributed by atoms with E-state index in [4.69, 9.17) is 4.74 Å². The molecule has 0 fully saturated rings. The first-order chi connectivity index (χ1) is 15.2. The summed E-state index contributed by atoms with van der Waals surface area (Å²) in [6.45, 7) is 3.30. The summed E-state index contributed by atoms with van der Waals surface area (Å²) < 4.78 is 32.6. The number of ether oxygens (including phenoxy) is 1. The van der Waals surface area contributed by atoms with Crippen LogP contribution in [0.5, 0.6) is 0 Å². The maximum Gasteiger partial charge on any atom is 0.338 e. The highest BCUT2D eigenvalue weighted by Crippen LogP contribution is 2.17. The molecular weight excluding hydrogens is 428 g/mol. The minimum Gasteiger partial charge on any atom is -0.452 e. The highest BCUT2D eigenvalue weighted by molar-refractivity contribution is 7.92. The summed E-state index contributed by atoms with van der Waals surface area (Å²) in [5, 5.41) is 2.75. The minimum atomic E-state index is -3.80. The molecule has 7 nitrogen and oxygen atoms in total. The monoisotopic (exact) mass is 452 g/mol. The van der Waals surface area contributed by atoms with Crippen LogP contribution in [0.3, 0.4) is 0 Å². The Kier molecular flexibility index (Phi) is 7.27. The molecule has 0 aliphatic rings. The fraction of sp³-hybridized carbons (Fsp3) is 0.167. The Balaban J connectivity index is 1.55. The number of esters is 1. The van der Waals surface area contributed by atoms with Crippen molar-refractivity contribution in [3.63, 3.8) is 0 Å². The normalized spacial score (nSPS) is 11.9. The number of benzene rings is 3. The molecule has 166 valence electrons. The molecule has 1 atom stereocenters. The van der Waals surface area contributed by atoms with Gasteiger partial charge in [-0.2, -0.15) is 0 Å². The van der Waals surface area contributed by atoms with Crippen molar-refractivity contribution in [1.82, 2.24) is 5.32 Å². The number of nitrogens with one attached hydrogen (secondary N) is 2. The van der Waals surface area contributed by atoms with Crippen molar-refractivity contribution in [3.05, 3.63) is 95.6 Å². The maximum atomic E-state index is 12.5. The van der Waals surface area contributed by atoms with Crippen LogP contribution in [0.15, 0.2) is 83.8 Å². The molecule has 3 aromatic carbocycles. The first kappa shape index (κ1) is 23.0.